The fraction of sp³-hybridized carbons (Fsp3) is 0.0625. The van der Waals surface area contributed by atoms with Crippen LogP contribution in [0.25, 0.3) is 22.2 Å². The standard InChI is InChI=1S/C16H11Br2N/c1-10-7-12(17)8-13-14(18)9-15(19-16(10)13)11-5-3-2-4-6-11/h2-9H,1H3. The Hall–Kier alpha value is -1.19. The number of rotatable bonds is 1. The SMILES string of the molecule is Cc1cc(Br)cc2c(Br)cc(-c3ccccc3)nc12. The van der Waals surface area contributed by atoms with E-state index in [4.69, 9.17) is 4.98 Å². The number of hydrogen-bond acceptors (Lipinski definition) is 1. The fourth-order valence-electron chi connectivity index (χ4n) is 2.17. The lowest BCUT2D eigenvalue weighted by Gasteiger charge is -2.08. The van der Waals surface area contributed by atoms with E-state index >= 15 is 0 Å². The Labute approximate surface area is 128 Å². The maximum absolute atomic E-state index is 4.80. The molecule has 0 aliphatic carbocycles. The number of pyridine rings is 1. The zero-order chi connectivity index (χ0) is 13.4. The Balaban J connectivity index is 2.31. The molecule has 0 bridgehead atoms. The lowest BCUT2D eigenvalue weighted by molar-refractivity contribution is 1.35. The molecule has 0 aliphatic rings. The molecule has 3 aromatic rings. The summed E-state index contributed by atoms with van der Waals surface area (Å²) in [5.74, 6) is 0. The summed E-state index contributed by atoms with van der Waals surface area (Å²) in [5, 5.41) is 1.13. The second-order valence-electron chi connectivity index (χ2n) is 4.47. The number of aromatic nitrogens is 1. The van der Waals surface area contributed by atoms with Crippen molar-refractivity contribution in [3.05, 3.63) is 63.0 Å². The molecule has 1 aromatic heterocycles. The average Bonchev–Trinajstić information content (AvgIpc) is 2.41. The maximum atomic E-state index is 4.80. The Morgan fingerprint density at radius 3 is 2.42 bits per heavy atom. The first-order valence-electron chi connectivity index (χ1n) is 5.97. The first-order chi connectivity index (χ1) is 9.15. The Morgan fingerprint density at radius 2 is 1.68 bits per heavy atom. The van der Waals surface area contributed by atoms with Gasteiger partial charge in [0, 0.05) is 19.9 Å². The van der Waals surface area contributed by atoms with Gasteiger partial charge in [-0.15, -0.1) is 0 Å². The minimum atomic E-state index is 0.991. The summed E-state index contributed by atoms with van der Waals surface area (Å²) < 4.78 is 2.15. The van der Waals surface area contributed by atoms with E-state index in [2.05, 4.69) is 69.1 Å². The number of halogens is 2. The monoisotopic (exact) mass is 375 g/mol. The van der Waals surface area contributed by atoms with Crippen molar-refractivity contribution < 1.29 is 0 Å². The second-order valence-corrected chi connectivity index (χ2v) is 6.24. The van der Waals surface area contributed by atoms with Gasteiger partial charge in [0.15, 0.2) is 0 Å². The summed E-state index contributed by atoms with van der Waals surface area (Å²) in [6.45, 7) is 2.08. The van der Waals surface area contributed by atoms with Crippen LogP contribution >= 0.6 is 31.9 Å². The van der Waals surface area contributed by atoms with Gasteiger partial charge in [0.1, 0.15) is 0 Å². The molecule has 0 atom stereocenters. The van der Waals surface area contributed by atoms with E-state index in [9.17, 15) is 0 Å². The highest BCUT2D eigenvalue weighted by Crippen LogP contribution is 2.32. The van der Waals surface area contributed by atoms with Gasteiger partial charge < -0.3 is 0 Å². The molecule has 0 saturated carbocycles. The van der Waals surface area contributed by atoms with Crippen LogP contribution in [-0.4, -0.2) is 4.98 Å². The number of nitrogens with zero attached hydrogens (tertiary/aromatic N) is 1. The molecule has 0 unspecified atom stereocenters. The largest absolute Gasteiger partial charge is 0.247 e. The summed E-state index contributed by atoms with van der Waals surface area (Å²) in [6.07, 6.45) is 0. The van der Waals surface area contributed by atoms with E-state index in [-0.39, 0.29) is 0 Å². The van der Waals surface area contributed by atoms with Crippen LogP contribution in [0.4, 0.5) is 0 Å². The predicted molar refractivity (Wildman–Crippen MR) is 87.3 cm³/mol. The fourth-order valence-corrected chi connectivity index (χ4v) is 3.26. The van der Waals surface area contributed by atoms with Crippen molar-refractivity contribution in [3.63, 3.8) is 0 Å². The minimum Gasteiger partial charge on any atom is -0.247 e. The Kier molecular flexibility index (Phi) is 3.42. The van der Waals surface area contributed by atoms with Crippen molar-refractivity contribution in [1.82, 2.24) is 4.98 Å². The topological polar surface area (TPSA) is 12.9 Å². The van der Waals surface area contributed by atoms with Crippen molar-refractivity contribution in [2.45, 2.75) is 6.92 Å². The Bertz CT molecular complexity index is 752. The molecule has 0 spiro atoms. The zero-order valence-electron chi connectivity index (χ0n) is 10.3. The number of benzene rings is 2. The van der Waals surface area contributed by atoms with E-state index in [1.807, 2.05) is 18.2 Å². The molecule has 1 nitrogen and oxygen atoms in total. The van der Waals surface area contributed by atoms with Gasteiger partial charge in [0.2, 0.25) is 0 Å². The lowest BCUT2D eigenvalue weighted by atomic mass is 10.1. The van der Waals surface area contributed by atoms with Gasteiger partial charge in [-0.25, -0.2) is 4.98 Å². The molecule has 0 N–H and O–H groups in total. The van der Waals surface area contributed by atoms with Gasteiger partial charge in [-0.1, -0.05) is 62.2 Å². The molecular weight excluding hydrogens is 366 g/mol. The van der Waals surface area contributed by atoms with Crippen LogP contribution in [0.5, 0.6) is 0 Å². The molecule has 94 valence electrons. The third-order valence-electron chi connectivity index (χ3n) is 3.09. The summed E-state index contributed by atoms with van der Waals surface area (Å²) in [6, 6.07) is 16.5. The third-order valence-corrected chi connectivity index (χ3v) is 4.20. The Morgan fingerprint density at radius 1 is 0.947 bits per heavy atom. The van der Waals surface area contributed by atoms with Gasteiger partial charge >= 0.3 is 0 Å². The van der Waals surface area contributed by atoms with E-state index in [0.29, 0.717) is 0 Å². The van der Waals surface area contributed by atoms with Crippen LogP contribution in [0.15, 0.2) is 57.5 Å². The molecule has 19 heavy (non-hydrogen) atoms. The molecule has 0 radical (unpaired) electrons. The first-order valence-corrected chi connectivity index (χ1v) is 7.55. The van der Waals surface area contributed by atoms with Gasteiger partial charge in [0.05, 0.1) is 11.2 Å². The highest BCUT2D eigenvalue weighted by molar-refractivity contribution is 9.11. The number of hydrogen-bond donors (Lipinski definition) is 0. The number of aryl methyl sites for hydroxylation is 1. The molecule has 3 heteroatoms. The summed E-state index contributed by atoms with van der Waals surface area (Å²) in [4.78, 5) is 4.80. The molecular formula is C16H11Br2N. The molecule has 1 heterocycles. The lowest BCUT2D eigenvalue weighted by Crippen LogP contribution is -1.89. The van der Waals surface area contributed by atoms with Crippen LogP contribution in [0.3, 0.4) is 0 Å². The molecule has 3 rings (SSSR count). The van der Waals surface area contributed by atoms with Crippen molar-refractivity contribution in [3.8, 4) is 11.3 Å². The smallest absolute Gasteiger partial charge is 0.0750 e. The highest BCUT2D eigenvalue weighted by Gasteiger charge is 2.08. The van der Waals surface area contributed by atoms with Crippen molar-refractivity contribution in [2.75, 3.05) is 0 Å². The van der Waals surface area contributed by atoms with Crippen molar-refractivity contribution >= 4 is 42.8 Å². The van der Waals surface area contributed by atoms with Gasteiger partial charge in [0.25, 0.3) is 0 Å². The summed E-state index contributed by atoms with van der Waals surface area (Å²) in [5.41, 5.74) is 4.33. The molecule has 0 amide bonds. The quantitative estimate of drug-likeness (QED) is 0.528. The molecule has 0 aliphatic heterocycles. The van der Waals surface area contributed by atoms with E-state index in [0.717, 1.165) is 31.1 Å². The zero-order valence-corrected chi connectivity index (χ0v) is 13.5. The third kappa shape index (κ3) is 2.45. The van der Waals surface area contributed by atoms with Crippen LogP contribution in [0.1, 0.15) is 5.56 Å². The van der Waals surface area contributed by atoms with Crippen LogP contribution in [0, 0.1) is 6.92 Å². The minimum absolute atomic E-state index is 0.991. The highest BCUT2D eigenvalue weighted by atomic mass is 79.9. The van der Waals surface area contributed by atoms with E-state index < -0.39 is 0 Å². The van der Waals surface area contributed by atoms with Crippen LogP contribution in [0.2, 0.25) is 0 Å². The molecule has 2 aromatic carbocycles. The van der Waals surface area contributed by atoms with Crippen molar-refractivity contribution in [2.24, 2.45) is 0 Å². The molecule has 0 fully saturated rings. The predicted octanol–water partition coefficient (Wildman–Crippen LogP) is 5.74. The van der Waals surface area contributed by atoms with Crippen LogP contribution < -0.4 is 0 Å². The van der Waals surface area contributed by atoms with Gasteiger partial charge in [-0.3, -0.25) is 0 Å². The summed E-state index contributed by atoms with van der Waals surface area (Å²) in [7, 11) is 0. The normalized spacial score (nSPS) is 10.9. The first kappa shape index (κ1) is 12.8. The van der Waals surface area contributed by atoms with Crippen LogP contribution in [-0.2, 0) is 0 Å². The van der Waals surface area contributed by atoms with E-state index in [1.165, 1.54) is 5.56 Å². The van der Waals surface area contributed by atoms with Gasteiger partial charge in [-0.2, -0.15) is 0 Å². The molecule has 0 saturated heterocycles. The van der Waals surface area contributed by atoms with Crippen molar-refractivity contribution in [1.29, 1.82) is 0 Å². The van der Waals surface area contributed by atoms with E-state index in [1.54, 1.807) is 0 Å². The summed E-state index contributed by atoms with van der Waals surface area (Å²) >= 11 is 7.18. The second kappa shape index (κ2) is 5.06. The maximum Gasteiger partial charge on any atom is 0.0750 e. The number of fused-ring (bicyclic) bond motifs is 1. The average molecular weight is 377 g/mol. The van der Waals surface area contributed by atoms with Gasteiger partial charge in [-0.05, 0) is 30.7 Å².